The van der Waals surface area contributed by atoms with Gasteiger partial charge in [-0.3, -0.25) is 9.48 Å². The SMILES string of the molecule is Cn1nc(-c2cnc3[nH]cc(C(=O)NC4(c5cccc(Br)c5)CCC4)c3n2)c2ccc(F)cc21. The molecule has 7 nitrogen and oxygen atoms in total. The quantitative estimate of drug-likeness (QED) is 0.341. The first-order valence-electron chi connectivity index (χ1n) is 11.0. The number of benzene rings is 2. The van der Waals surface area contributed by atoms with Crippen LogP contribution >= 0.6 is 15.9 Å². The van der Waals surface area contributed by atoms with Crippen LogP contribution in [0.15, 0.2) is 59.3 Å². The van der Waals surface area contributed by atoms with E-state index in [1.807, 2.05) is 18.2 Å². The van der Waals surface area contributed by atoms with E-state index in [2.05, 4.69) is 42.4 Å². The smallest absolute Gasteiger partial charge is 0.255 e. The zero-order valence-electron chi connectivity index (χ0n) is 18.3. The Hall–Kier alpha value is -3.59. The van der Waals surface area contributed by atoms with Crippen LogP contribution < -0.4 is 5.32 Å². The minimum atomic E-state index is -0.392. The Balaban J connectivity index is 1.39. The van der Waals surface area contributed by atoms with Gasteiger partial charge in [0.2, 0.25) is 0 Å². The van der Waals surface area contributed by atoms with Crippen molar-refractivity contribution in [3.05, 3.63) is 76.3 Å². The van der Waals surface area contributed by atoms with Gasteiger partial charge in [0.15, 0.2) is 5.65 Å². The molecule has 2 N–H and O–H groups in total. The maximum atomic E-state index is 13.7. The zero-order chi connectivity index (χ0) is 23.4. The summed E-state index contributed by atoms with van der Waals surface area (Å²) in [5, 5.41) is 8.55. The lowest BCUT2D eigenvalue weighted by Crippen LogP contribution is -2.50. The number of fused-ring (bicyclic) bond motifs is 2. The molecule has 3 aromatic heterocycles. The summed E-state index contributed by atoms with van der Waals surface area (Å²) in [6, 6.07) is 12.6. The van der Waals surface area contributed by atoms with E-state index >= 15 is 0 Å². The van der Waals surface area contributed by atoms with Crippen LogP contribution in [0.4, 0.5) is 4.39 Å². The van der Waals surface area contributed by atoms with Gasteiger partial charge in [0.1, 0.15) is 22.7 Å². The fourth-order valence-corrected chi connectivity index (χ4v) is 5.08. The minimum Gasteiger partial charge on any atom is -0.344 e. The number of carbonyl (C=O) groups excluding carboxylic acids is 1. The molecule has 1 saturated carbocycles. The van der Waals surface area contributed by atoms with Gasteiger partial charge in [0.25, 0.3) is 5.91 Å². The highest BCUT2D eigenvalue weighted by molar-refractivity contribution is 9.10. The Kier molecular flexibility index (Phi) is 4.77. The van der Waals surface area contributed by atoms with Crippen molar-refractivity contribution in [1.29, 1.82) is 0 Å². The number of nitrogens with zero attached hydrogens (tertiary/aromatic N) is 4. The summed E-state index contributed by atoms with van der Waals surface area (Å²) in [5.74, 6) is -0.533. The highest BCUT2D eigenvalue weighted by Gasteiger charge is 2.40. The molecule has 0 radical (unpaired) electrons. The molecule has 6 rings (SSSR count). The van der Waals surface area contributed by atoms with Gasteiger partial charge in [-0.2, -0.15) is 5.10 Å². The van der Waals surface area contributed by atoms with Crippen LogP contribution in [0.5, 0.6) is 0 Å². The molecule has 170 valence electrons. The van der Waals surface area contributed by atoms with Crippen LogP contribution in [0.1, 0.15) is 35.2 Å². The minimum absolute atomic E-state index is 0.203. The molecule has 3 heterocycles. The molecule has 9 heteroatoms. The van der Waals surface area contributed by atoms with Crippen molar-refractivity contribution in [3.8, 4) is 11.4 Å². The van der Waals surface area contributed by atoms with Crippen molar-refractivity contribution in [1.82, 2.24) is 30.0 Å². The van der Waals surface area contributed by atoms with E-state index in [1.54, 1.807) is 30.2 Å². The van der Waals surface area contributed by atoms with Gasteiger partial charge < -0.3 is 10.3 Å². The van der Waals surface area contributed by atoms with Gasteiger partial charge in [-0.15, -0.1) is 0 Å². The lowest BCUT2D eigenvalue weighted by molar-refractivity contribution is 0.0825. The number of H-pyrrole nitrogens is 1. The van der Waals surface area contributed by atoms with Crippen LogP contribution in [0, 0.1) is 5.82 Å². The van der Waals surface area contributed by atoms with Crippen LogP contribution in [-0.2, 0) is 12.6 Å². The zero-order valence-corrected chi connectivity index (χ0v) is 19.9. The second kappa shape index (κ2) is 7.73. The average Bonchev–Trinajstić information content (AvgIpc) is 3.37. The molecule has 0 unspecified atom stereocenters. The molecule has 1 amide bonds. The predicted octanol–water partition coefficient (Wildman–Crippen LogP) is 5.22. The number of rotatable bonds is 4. The normalized spacial score (nSPS) is 14.9. The van der Waals surface area contributed by atoms with Crippen LogP contribution in [0.25, 0.3) is 33.5 Å². The van der Waals surface area contributed by atoms with Crippen LogP contribution in [0.3, 0.4) is 0 Å². The Bertz CT molecular complexity index is 1590. The van der Waals surface area contributed by atoms with E-state index in [0.29, 0.717) is 33.6 Å². The van der Waals surface area contributed by atoms with Gasteiger partial charge >= 0.3 is 0 Å². The Morgan fingerprint density at radius 3 is 2.85 bits per heavy atom. The molecule has 0 aliphatic heterocycles. The molecule has 2 aromatic carbocycles. The standard InChI is InChI=1S/C25H20BrFN6O/c1-33-20-11-16(27)6-7-17(20)21(32-33)19-13-29-23-22(30-19)18(12-28-23)24(34)31-25(8-3-9-25)14-4-2-5-15(26)10-14/h2,4-7,10-13H,3,8-9H2,1H3,(H,28,29)(H,31,34). The third-order valence-corrected chi connectivity index (χ3v) is 7.11. The monoisotopic (exact) mass is 518 g/mol. The van der Waals surface area contributed by atoms with E-state index in [-0.39, 0.29) is 11.7 Å². The van der Waals surface area contributed by atoms with E-state index in [4.69, 9.17) is 4.98 Å². The number of aromatic amines is 1. The molecule has 1 aliphatic carbocycles. The molecule has 0 atom stereocenters. The first-order valence-corrected chi connectivity index (χ1v) is 11.8. The number of aromatic nitrogens is 5. The van der Waals surface area contributed by atoms with Crippen molar-refractivity contribution < 1.29 is 9.18 Å². The highest BCUT2D eigenvalue weighted by Crippen LogP contribution is 2.42. The van der Waals surface area contributed by atoms with Gasteiger partial charge in [0.05, 0.1) is 22.8 Å². The second-order valence-corrected chi connectivity index (χ2v) is 9.60. The highest BCUT2D eigenvalue weighted by atomic mass is 79.9. The van der Waals surface area contributed by atoms with Gasteiger partial charge in [-0.25, -0.2) is 14.4 Å². The van der Waals surface area contributed by atoms with Gasteiger partial charge in [0, 0.05) is 23.1 Å². The number of hydrogen-bond donors (Lipinski definition) is 2. The molecule has 34 heavy (non-hydrogen) atoms. The average molecular weight is 519 g/mol. The number of halogens is 2. The summed E-state index contributed by atoms with van der Waals surface area (Å²) >= 11 is 3.53. The van der Waals surface area contributed by atoms with Crippen molar-refractivity contribution in [3.63, 3.8) is 0 Å². The predicted molar refractivity (Wildman–Crippen MR) is 131 cm³/mol. The number of hydrogen-bond acceptors (Lipinski definition) is 4. The summed E-state index contributed by atoms with van der Waals surface area (Å²) in [6.45, 7) is 0. The fraction of sp³-hybridized carbons (Fsp3) is 0.200. The van der Waals surface area contributed by atoms with E-state index in [0.717, 1.165) is 34.7 Å². The third kappa shape index (κ3) is 3.30. The summed E-state index contributed by atoms with van der Waals surface area (Å²) in [4.78, 5) is 25.7. The van der Waals surface area contributed by atoms with Gasteiger partial charge in [-0.05, 0) is 55.2 Å². The lowest BCUT2D eigenvalue weighted by Gasteiger charge is -2.43. The Morgan fingerprint density at radius 2 is 2.09 bits per heavy atom. The Labute approximate surface area is 202 Å². The number of aryl methyl sites for hydroxylation is 1. The third-order valence-electron chi connectivity index (χ3n) is 6.62. The number of carbonyl (C=O) groups is 1. The maximum absolute atomic E-state index is 13.7. The summed E-state index contributed by atoms with van der Waals surface area (Å²) < 4.78 is 16.3. The molecular weight excluding hydrogens is 499 g/mol. The maximum Gasteiger partial charge on any atom is 0.255 e. The number of nitrogens with one attached hydrogen (secondary N) is 2. The molecule has 0 bridgehead atoms. The molecule has 0 spiro atoms. The molecule has 5 aromatic rings. The lowest BCUT2D eigenvalue weighted by atomic mass is 9.71. The van der Waals surface area contributed by atoms with Crippen molar-refractivity contribution >= 4 is 43.9 Å². The molecular formula is C25H20BrFN6O. The molecule has 1 aliphatic rings. The van der Waals surface area contributed by atoms with E-state index < -0.39 is 5.54 Å². The fourth-order valence-electron chi connectivity index (χ4n) is 4.69. The largest absolute Gasteiger partial charge is 0.344 e. The molecule has 1 fully saturated rings. The second-order valence-electron chi connectivity index (χ2n) is 8.69. The first-order chi connectivity index (χ1) is 16.4. The van der Waals surface area contributed by atoms with E-state index in [1.165, 1.54) is 12.1 Å². The summed E-state index contributed by atoms with van der Waals surface area (Å²) in [7, 11) is 1.76. The van der Waals surface area contributed by atoms with Crippen molar-refractivity contribution in [2.75, 3.05) is 0 Å². The topological polar surface area (TPSA) is 88.5 Å². The number of amides is 1. The molecule has 0 saturated heterocycles. The van der Waals surface area contributed by atoms with Crippen LogP contribution in [0.2, 0.25) is 0 Å². The van der Waals surface area contributed by atoms with Gasteiger partial charge in [-0.1, -0.05) is 28.1 Å². The van der Waals surface area contributed by atoms with E-state index in [9.17, 15) is 9.18 Å². The first kappa shape index (κ1) is 21.0. The summed E-state index contributed by atoms with van der Waals surface area (Å²) in [6.07, 6.45) is 6.07. The van der Waals surface area contributed by atoms with Crippen LogP contribution in [-0.4, -0.2) is 30.6 Å². The van der Waals surface area contributed by atoms with Crippen molar-refractivity contribution in [2.45, 2.75) is 24.8 Å². The Morgan fingerprint density at radius 1 is 1.24 bits per heavy atom. The van der Waals surface area contributed by atoms with Crippen molar-refractivity contribution in [2.24, 2.45) is 7.05 Å². The summed E-state index contributed by atoms with van der Waals surface area (Å²) in [5.41, 5.74) is 3.87.